The van der Waals surface area contributed by atoms with Gasteiger partial charge in [-0.1, -0.05) is 18.2 Å². The highest BCUT2D eigenvalue weighted by Gasteiger charge is 2.30. The van der Waals surface area contributed by atoms with Gasteiger partial charge in [0.05, 0.1) is 19.9 Å². The van der Waals surface area contributed by atoms with Crippen LogP contribution in [0.5, 0.6) is 17.2 Å². The smallest absolute Gasteiger partial charge is 0.258 e. The third-order valence-electron chi connectivity index (χ3n) is 4.42. The number of phenolic OH excluding ortho intramolecular Hbond substituents is 1. The van der Waals surface area contributed by atoms with Crippen molar-refractivity contribution < 1.29 is 19.4 Å². The van der Waals surface area contributed by atoms with Crippen molar-refractivity contribution in [3.05, 3.63) is 53.6 Å². The van der Waals surface area contributed by atoms with E-state index in [0.717, 1.165) is 5.56 Å². The number of methoxy groups -OCH3 is 1. The van der Waals surface area contributed by atoms with Crippen molar-refractivity contribution in [2.24, 2.45) is 5.10 Å². The van der Waals surface area contributed by atoms with Crippen LogP contribution in [0.2, 0.25) is 0 Å². The highest BCUT2D eigenvalue weighted by Crippen LogP contribution is 2.32. The topological polar surface area (TPSA) is 104 Å². The largest absolute Gasteiger partial charge is 0.507 e. The van der Waals surface area contributed by atoms with Crippen LogP contribution in [0.25, 0.3) is 0 Å². The Morgan fingerprint density at radius 2 is 2.11 bits per heavy atom. The molecule has 4 N–H and O–H groups in total. The van der Waals surface area contributed by atoms with Crippen LogP contribution in [-0.4, -0.2) is 37.0 Å². The van der Waals surface area contributed by atoms with E-state index in [0.29, 0.717) is 30.1 Å². The molecule has 0 aromatic heterocycles. The summed E-state index contributed by atoms with van der Waals surface area (Å²) in [6, 6.07) is 12.0. The number of phenols is 1. The second-order valence-electron chi connectivity index (χ2n) is 6.27. The summed E-state index contributed by atoms with van der Waals surface area (Å²) in [7, 11) is 1.60. The molecule has 28 heavy (non-hydrogen) atoms. The van der Waals surface area contributed by atoms with Crippen molar-refractivity contribution >= 4 is 12.1 Å². The number of nitrogens with zero attached hydrogens (tertiary/aromatic N) is 1. The number of hydrogen-bond donors (Lipinski definition) is 4. The number of carbonyl (C=O) groups excluding carboxylic acids is 1. The summed E-state index contributed by atoms with van der Waals surface area (Å²) in [4.78, 5) is 12.3. The van der Waals surface area contributed by atoms with E-state index in [1.165, 1.54) is 6.21 Å². The minimum absolute atomic E-state index is 0.0533. The molecule has 1 aliphatic heterocycles. The fourth-order valence-electron chi connectivity index (χ4n) is 2.96. The Morgan fingerprint density at radius 3 is 2.86 bits per heavy atom. The molecule has 1 amide bonds. The Hall–Kier alpha value is -3.10. The molecule has 1 heterocycles. The quantitative estimate of drug-likeness (QED) is 0.429. The van der Waals surface area contributed by atoms with E-state index in [4.69, 9.17) is 9.47 Å². The average molecular weight is 384 g/mol. The Kier molecular flexibility index (Phi) is 6.46. The number of hydrazine groups is 1. The van der Waals surface area contributed by atoms with Crippen molar-refractivity contribution in [2.75, 3.05) is 13.7 Å². The van der Waals surface area contributed by atoms with Crippen LogP contribution in [-0.2, 0) is 4.79 Å². The molecule has 2 atom stereocenters. The van der Waals surface area contributed by atoms with Gasteiger partial charge in [-0.05, 0) is 43.2 Å². The summed E-state index contributed by atoms with van der Waals surface area (Å²) in [6.45, 7) is 2.48. The lowest BCUT2D eigenvalue weighted by Gasteiger charge is -2.14. The summed E-state index contributed by atoms with van der Waals surface area (Å²) >= 11 is 0. The zero-order valence-corrected chi connectivity index (χ0v) is 15.8. The molecule has 1 saturated heterocycles. The number of rotatable bonds is 7. The first-order valence-electron chi connectivity index (χ1n) is 9.05. The fraction of sp³-hybridized carbons (Fsp3) is 0.300. The van der Waals surface area contributed by atoms with Gasteiger partial charge in [0.25, 0.3) is 5.91 Å². The van der Waals surface area contributed by atoms with Crippen LogP contribution in [0.4, 0.5) is 0 Å². The molecule has 2 unspecified atom stereocenters. The van der Waals surface area contributed by atoms with Gasteiger partial charge >= 0.3 is 0 Å². The predicted octanol–water partition coefficient (Wildman–Crippen LogP) is 1.86. The molecular formula is C20H24N4O4. The molecule has 0 aliphatic carbocycles. The first kappa shape index (κ1) is 19.7. The molecule has 8 heteroatoms. The highest BCUT2D eigenvalue weighted by atomic mass is 16.5. The van der Waals surface area contributed by atoms with Crippen molar-refractivity contribution in [3.63, 3.8) is 0 Å². The summed E-state index contributed by atoms with van der Waals surface area (Å²) in [5.74, 6) is 1.18. The maximum absolute atomic E-state index is 12.3. The molecule has 2 aromatic carbocycles. The van der Waals surface area contributed by atoms with E-state index < -0.39 is 6.04 Å². The van der Waals surface area contributed by atoms with Gasteiger partial charge in [-0.15, -0.1) is 0 Å². The number of carbonyl (C=O) groups is 1. The molecule has 0 saturated carbocycles. The number of amides is 1. The van der Waals surface area contributed by atoms with E-state index in [2.05, 4.69) is 21.4 Å². The molecule has 0 spiro atoms. The predicted molar refractivity (Wildman–Crippen MR) is 105 cm³/mol. The molecule has 8 nitrogen and oxygen atoms in total. The summed E-state index contributed by atoms with van der Waals surface area (Å²) < 4.78 is 10.9. The zero-order valence-electron chi connectivity index (χ0n) is 15.8. The first-order valence-corrected chi connectivity index (χ1v) is 9.05. The zero-order chi connectivity index (χ0) is 19.9. The molecule has 2 aromatic rings. The maximum Gasteiger partial charge on any atom is 0.258 e. The number of benzene rings is 2. The third-order valence-corrected chi connectivity index (χ3v) is 4.42. The van der Waals surface area contributed by atoms with Crippen LogP contribution in [0.1, 0.15) is 30.5 Å². The normalized spacial score (nSPS) is 18.9. The standard InChI is InChI=1S/C20H24N4O4/c1-3-28-18-9-8-13(10-19(18)27-2)15-11-16(23-22-15)20(26)24-21-12-14-6-4-5-7-17(14)25/h4-10,12,15-16,22-23,25H,3,11H2,1-2H3,(H,24,26)/b21-12+. The lowest BCUT2D eigenvalue weighted by Crippen LogP contribution is -2.41. The number of para-hydroxylation sites is 1. The van der Waals surface area contributed by atoms with E-state index in [-0.39, 0.29) is 17.7 Å². The van der Waals surface area contributed by atoms with Crippen LogP contribution in [0.15, 0.2) is 47.6 Å². The SMILES string of the molecule is CCOc1ccc(C2CC(C(=O)N/N=C/c3ccccc3O)NN2)cc1OC. The Labute approximate surface area is 163 Å². The van der Waals surface area contributed by atoms with Gasteiger partial charge in [0, 0.05) is 11.6 Å². The minimum atomic E-state index is -0.441. The Bertz CT molecular complexity index is 856. The van der Waals surface area contributed by atoms with Gasteiger partial charge in [-0.2, -0.15) is 5.10 Å². The van der Waals surface area contributed by atoms with Crippen molar-refractivity contribution in [2.45, 2.75) is 25.4 Å². The molecule has 0 bridgehead atoms. The Balaban J connectivity index is 1.59. The summed E-state index contributed by atoms with van der Waals surface area (Å²) in [5.41, 5.74) is 10.1. The molecule has 148 valence electrons. The molecule has 1 fully saturated rings. The number of nitrogens with one attached hydrogen (secondary N) is 3. The number of aromatic hydroxyl groups is 1. The van der Waals surface area contributed by atoms with Gasteiger partial charge in [-0.25, -0.2) is 16.3 Å². The first-order chi connectivity index (χ1) is 13.6. The third kappa shape index (κ3) is 4.59. The molecule has 0 radical (unpaired) electrons. The van der Waals surface area contributed by atoms with Gasteiger partial charge in [0.1, 0.15) is 11.8 Å². The molecule has 1 aliphatic rings. The summed E-state index contributed by atoms with van der Waals surface area (Å²) in [5, 5.41) is 13.6. The van der Waals surface area contributed by atoms with E-state index in [9.17, 15) is 9.90 Å². The number of hydrazone groups is 1. The monoisotopic (exact) mass is 384 g/mol. The van der Waals surface area contributed by atoms with Gasteiger partial charge in [0.15, 0.2) is 11.5 Å². The minimum Gasteiger partial charge on any atom is -0.507 e. The Morgan fingerprint density at radius 1 is 1.29 bits per heavy atom. The lowest BCUT2D eigenvalue weighted by atomic mass is 10.0. The fourth-order valence-corrected chi connectivity index (χ4v) is 2.96. The van der Waals surface area contributed by atoms with Gasteiger partial charge in [0.2, 0.25) is 0 Å². The average Bonchev–Trinajstić information content (AvgIpc) is 3.20. The van der Waals surface area contributed by atoms with Crippen LogP contribution < -0.4 is 25.8 Å². The number of hydrogen-bond acceptors (Lipinski definition) is 7. The van der Waals surface area contributed by atoms with Crippen molar-refractivity contribution in [3.8, 4) is 17.2 Å². The summed E-state index contributed by atoms with van der Waals surface area (Å²) in [6.07, 6.45) is 1.96. The molecular weight excluding hydrogens is 360 g/mol. The lowest BCUT2D eigenvalue weighted by molar-refractivity contribution is -0.122. The van der Waals surface area contributed by atoms with Crippen LogP contribution in [0, 0.1) is 0 Å². The van der Waals surface area contributed by atoms with Crippen LogP contribution >= 0.6 is 0 Å². The second-order valence-corrected chi connectivity index (χ2v) is 6.27. The van der Waals surface area contributed by atoms with Crippen molar-refractivity contribution in [1.29, 1.82) is 0 Å². The second kappa shape index (κ2) is 9.20. The van der Waals surface area contributed by atoms with Gasteiger partial charge < -0.3 is 14.6 Å². The maximum atomic E-state index is 12.3. The molecule has 3 rings (SSSR count). The van der Waals surface area contributed by atoms with Crippen molar-refractivity contribution in [1.82, 2.24) is 16.3 Å². The highest BCUT2D eigenvalue weighted by molar-refractivity contribution is 5.86. The van der Waals surface area contributed by atoms with E-state index in [1.54, 1.807) is 31.4 Å². The van der Waals surface area contributed by atoms with Gasteiger partial charge in [-0.3, -0.25) is 4.79 Å². The van der Waals surface area contributed by atoms with E-state index in [1.807, 2.05) is 25.1 Å². The number of ether oxygens (including phenoxy) is 2. The van der Waals surface area contributed by atoms with E-state index >= 15 is 0 Å². The van der Waals surface area contributed by atoms with Crippen LogP contribution in [0.3, 0.4) is 0 Å².